The van der Waals surface area contributed by atoms with Gasteiger partial charge in [0.15, 0.2) is 0 Å². The number of ether oxygens (including phenoxy) is 1. The van der Waals surface area contributed by atoms with Crippen LogP contribution < -0.4 is 20.9 Å². The topological polar surface area (TPSA) is 82.7 Å². The van der Waals surface area contributed by atoms with Crippen LogP contribution in [0.3, 0.4) is 0 Å². The molecule has 0 radical (unpaired) electrons. The summed E-state index contributed by atoms with van der Waals surface area (Å²) in [6.45, 7) is 0.911. The lowest BCUT2D eigenvalue weighted by atomic mass is 10.1. The van der Waals surface area contributed by atoms with Crippen molar-refractivity contribution in [2.24, 2.45) is 0 Å². The monoisotopic (exact) mass is 438 g/mol. The molecule has 0 unspecified atom stereocenters. The summed E-state index contributed by atoms with van der Waals surface area (Å²) in [5, 5.41) is 7.45. The summed E-state index contributed by atoms with van der Waals surface area (Å²) in [5.74, 6) is -0.341. The maximum Gasteiger partial charge on any atom is 0.418 e. The molecule has 31 heavy (non-hydrogen) atoms. The number of halogens is 3. The molecule has 0 aromatic heterocycles. The third kappa shape index (κ3) is 6.88. The molecule has 0 saturated carbocycles. The van der Waals surface area contributed by atoms with Crippen LogP contribution in [0.1, 0.15) is 22.3 Å². The number of nitrogens with zero attached hydrogens (tertiary/aromatic N) is 1. The summed E-state index contributed by atoms with van der Waals surface area (Å²) in [6, 6.07) is 8.49. The smallest absolute Gasteiger partial charge is 0.385 e. The highest BCUT2D eigenvalue weighted by molar-refractivity contribution is 6.04. The summed E-state index contributed by atoms with van der Waals surface area (Å²) >= 11 is 0. The number of nitrogens with one attached hydrogen (secondary N) is 3. The zero-order valence-corrected chi connectivity index (χ0v) is 17.5. The van der Waals surface area contributed by atoms with E-state index in [1.807, 2.05) is 0 Å². The molecule has 0 aliphatic rings. The second-order valence-corrected chi connectivity index (χ2v) is 6.85. The fourth-order valence-electron chi connectivity index (χ4n) is 2.82. The normalized spacial score (nSPS) is 11.0. The van der Waals surface area contributed by atoms with E-state index in [4.69, 9.17) is 4.74 Å². The average Bonchev–Trinajstić information content (AvgIpc) is 2.70. The second-order valence-electron chi connectivity index (χ2n) is 6.85. The molecular weight excluding hydrogens is 413 g/mol. The fourth-order valence-corrected chi connectivity index (χ4v) is 2.82. The van der Waals surface area contributed by atoms with E-state index in [2.05, 4.69) is 16.0 Å². The molecule has 0 saturated heterocycles. The van der Waals surface area contributed by atoms with Crippen LogP contribution in [0.4, 0.5) is 35.0 Å². The van der Waals surface area contributed by atoms with E-state index in [9.17, 15) is 22.8 Å². The average molecular weight is 438 g/mol. The molecule has 168 valence electrons. The van der Waals surface area contributed by atoms with Crippen LogP contribution in [-0.2, 0) is 10.9 Å². The van der Waals surface area contributed by atoms with Crippen LogP contribution >= 0.6 is 0 Å². The number of benzene rings is 2. The summed E-state index contributed by atoms with van der Waals surface area (Å²) < 4.78 is 44.3. The van der Waals surface area contributed by atoms with Gasteiger partial charge in [-0.1, -0.05) is 12.1 Å². The second kappa shape index (κ2) is 10.7. The van der Waals surface area contributed by atoms with Gasteiger partial charge in [-0.15, -0.1) is 0 Å². The highest BCUT2D eigenvalue weighted by atomic mass is 19.4. The van der Waals surface area contributed by atoms with E-state index < -0.39 is 17.8 Å². The van der Waals surface area contributed by atoms with Gasteiger partial charge in [-0.2, -0.15) is 13.2 Å². The third-order valence-electron chi connectivity index (χ3n) is 4.27. The van der Waals surface area contributed by atoms with Gasteiger partial charge in [0.05, 0.1) is 16.8 Å². The van der Waals surface area contributed by atoms with Gasteiger partial charge in [0.2, 0.25) is 0 Å². The predicted molar refractivity (Wildman–Crippen MR) is 114 cm³/mol. The molecule has 2 aromatic rings. The van der Waals surface area contributed by atoms with E-state index in [0.717, 1.165) is 12.1 Å². The minimum absolute atomic E-state index is 0.259. The Labute approximate surface area is 178 Å². The van der Waals surface area contributed by atoms with Crippen molar-refractivity contribution in [3.05, 3.63) is 53.6 Å². The third-order valence-corrected chi connectivity index (χ3v) is 4.27. The van der Waals surface area contributed by atoms with Gasteiger partial charge >= 0.3 is 12.2 Å². The Kier molecular flexibility index (Phi) is 8.26. The van der Waals surface area contributed by atoms with Crippen molar-refractivity contribution < 1.29 is 27.5 Å². The van der Waals surface area contributed by atoms with Crippen LogP contribution in [0.5, 0.6) is 0 Å². The van der Waals surface area contributed by atoms with Crippen LogP contribution in [0.25, 0.3) is 0 Å². The number of anilines is 3. The molecular formula is C21H25F3N4O3. The first kappa shape index (κ1) is 24.0. The molecule has 10 heteroatoms. The highest BCUT2D eigenvalue weighted by Gasteiger charge is 2.33. The number of carbonyl (C=O) groups is 2. The SMILES string of the molecule is COCCCNC(=O)c1cc(NC(=O)Nc2ccccc2C(F)(F)F)ccc1N(C)C. The molecule has 7 nitrogen and oxygen atoms in total. The first-order valence-electron chi connectivity index (χ1n) is 9.46. The molecule has 0 aliphatic carbocycles. The zero-order chi connectivity index (χ0) is 23.0. The van der Waals surface area contributed by atoms with Gasteiger partial charge in [-0.25, -0.2) is 4.79 Å². The Balaban J connectivity index is 2.16. The van der Waals surface area contributed by atoms with Crippen molar-refractivity contribution in [2.45, 2.75) is 12.6 Å². The standard InChI is InChI=1S/C21H25F3N4O3/c1-28(2)18-10-9-14(13-15(18)19(29)25-11-6-12-31-3)26-20(30)27-17-8-5-4-7-16(17)21(22,23)24/h4-5,7-10,13H,6,11-12H2,1-3H3,(H,25,29)(H2,26,27,30). The summed E-state index contributed by atoms with van der Waals surface area (Å²) in [7, 11) is 5.11. The summed E-state index contributed by atoms with van der Waals surface area (Å²) in [6.07, 6.45) is -3.97. The molecule has 3 amide bonds. The molecule has 0 atom stereocenters. The number of rotatable bonds is 8. The van der Waals surface area contributed by atoms with Crippen molar-refractivity contribution >= 4 is 29.0 Å². The molecule has 2 rings (SSSR count). The van der Waals surface area contributed by atoms with Crippen molar-refractivity contribution in [3.8, 4) is 0 Å². The number of methoxy groups -OCH3 is 1. The number of urea groups is 1. The van der Waals surface area contributed by atoms with Crippen LogP contribution in [-0.4, -0.2) is 46.3 Å². The van der Waals surface area contributed by atoms with Crippen molar-refractivity contribution in [1.29, 1.82) is 0 Å². The maximum atomic E-state index is 13.1. The molecule has 0 spiro atoms. The quantitative estimate of drug-likeness (QED) is 0.540. The number of hydrogen-bond acceptors (Lipinski definition) is 4. The first-order valence-corrected chi connectivity index (χ1v) is 9.46. The lowest BCUT2D eigenvalue weighted by molar-refractivity contribution is -0.136. The van der Waals surface area contributed by atoms with Crippen molar-refractivity contribution in [2.75, 3.05) is 49.9 Å². The number of para-hydroxylation sites is 1. The van der Waals surface area contributed by atoms with Crippen molar-refractivity contribution in [3.63, 3.8) is 0 Å². The Morgan fingerprint density at radius 1 is 1.06 bits per heavy atom. The minimum Gasteiger partial charge on any atom is -0.385 e. The Morgan fingerprint density at radius 3 is 2.42 bits per heavy atom. The molecule has 2 aromatic carbocycles. The lowest BCUT2D eigenvalue weighted by Crippen LogP contribution is -2.28. The van der Waals surface area contributed by atoms with Gasteiger partial charge in [0, 0.05) is 45.7 Å². The van der Waals surface area contributed by atoms with E-state index >= 15 is 0 Å². The van der Waals surface area contributed by atoms with Crippen LogP contribution in [0.15, 0.2) is 42.5 Å². The zero-order valence-electron chi connectivity index (χ0n) is 17.5. The predicted octanol–water partition coefficient (Wildman–Crippen LogP) is 4.18. The largest absolute Gasteiger partial charge is 0.418 e. The van der Waals surface area contributed by atoms with Gasteiger partial charge in [-0.3, -0.25) is 4.79 Å². The van der Waals surface area contributed by atoms with Gasteiger partial charge in [-0.05, 0) is 36.8 Å². The minimum atomic E-state index is -4.61. The molecule has 3 N–H and O–H groups in total. The fraction of sp³-hybridized carbons (Fsp3) is 0.333. The van der Waals surface area contributed by atoms with E-state index in [0.29, 0.717) is 30.8 Å². The number of amides is 3. The Hall–Kier alpha value is -3.27. The van der Waals surface area contributed by atoms with E-state index in [1.54, 1.807) is 38.2 Å². The van der Waals surface area contributed by atoms with Crippen LogP contribution in [0, 0.1) is 0 Å². The first-order chi connectivity index (χ1) is 14.6. The molecule has 0 bridgehead atoms. The van der Waals surface area contributed by atoms with E-state index in [-0.39, 0.29) is 17.3 Å². The summed E-state index contributed by atoms with van der Waals surface area (Å²) in [4.78, 5) is 26.6. The molecule has 0 aliphatic heterocycles. The van der Waals surface area contributed by atoms with Gasteiger partial charge in [0.25, 0.3) is 5.91 Å². The van der Waals surface area contributed by atoms with Gasteiger partial charge < -0.3 is 25.6 Å². The maximum absolute atomic E-state index is 13.1. The van der Waals surface area contributed by atoms with Crippen LogP contribution in [0.2, 0.25) is 0 Å². The summed E-state index contributed by atoms with van der Waals surface area (Å²) in [5.41, 5.74) is -0.124. The van der Waals surface area contributed by atoms with Crippen molar-refractivity contribution in [1.82, 2.24) is 5.32 Å². The number of hydrogen-bond donors (Lipinski definition) is 3. The van der Waals surface area contributed by atoms with E-state index in [1.165, 1.54) is 18.2 Å². The molecule has 0 fully saturated rings. The molecule has 0 heterocycles. The number of alkyl halides is 3. The Bertz CT molecular complexity index is 917. The lowest BCUT2D eigenvalue weighted by Gasteiger charge is -2.19. The van der Waals surface area contributed by atoms with Gasteiger partial charge in [0.1, 0.15) is 0 Å². The number of carbonyl (C=O) groups excluding carboxylic acids is 2. The highest BCUT2D eigenvalue weighted by Crippen LogP contribution is 2.34. The Morgan fingerprint density at radius 2 is 1.77 bits per heavy atom.